The molecule has 0 aliphatic carbocycles. The van der Waals surface area contributed by atoms with Gasteiger partial charge in [0.05, 0.1) is 31.2 Å². The molecule has 2 heterocycles. The lowest BCUT2D eigenvalue weighted by atomic mass is 10.2. The summed E-state index contributed by atoms with van der Waals surface area (Å²) >= 11 is 1.37. The third kappa shape index (κ3) is 4.46. The molecule has 176 valence electrons. The zero-order valence-electron chi connectivity index (χ0n) is 20.0. The predicted molar refractivity (Wildman–Crippen MR) is 135 cm³/mol. The number of rotatable bonds is 9. The van der Waals surface area contributed by atoms with E-state index in [0.717, 1.165) is 40.5 Å². The average molecular weight is 477 g/mol. The second-order valence-corrected chi connectivity index (χ2v) is 8.72. The molecule has 0 aliphatic rings. The molecule has 34 heavy (non-hydrogen) atoms. The molecule has 0 spiro atoms. The maximum atomic E-state index is 13.1. The molecule has 0 fully saturated rings. The van der Waals surface area contributed by atoms with Crippen LogP contribution in [-0.4, -0.2) is 45.1 Å². The average Bonchev–Trinajstić information content (AvgIpc) is 3.42. The number of carbonyl (C=O) groups is 1. The lowest BCUT2D eigenvalue weighted by Gasteiger charge is -2.13. The van der Waals surface area contributed by atoms with Crippen LogP contribution >= 0.6 is 11.8 Å². The fourth-order valence-corrected chi connectivity index (χ4v) is 4.94. The van der Waals surface area contributed by atoms with Crippen LogP contribution in [0, 0.1) is 13.8 Å². The number of ether oxygens (including phenoxy) is 2. The molecule has 4 aromatic rings. The summed E-state index contributed by atoms with van der Waals surface area (Å²) < 4.78 is 15.0. The molecule has 0 radical (unpaired) electrons. The topological polar surface area (TPSA) is 71.2 Å². The smallest absolute Gasteiger partial charge is 0.196 e. The van der Waals surface area contributed by atoms with E-state index >= 15 is 0 Å². The summed E-state index contributed by atoms with van der Waals surface area (Å²) in [6, 6.07) is 17.3. The van der Waals surface area contributed by atoms with Crippen molar-refractivity contribution in [1.82, 2.24) is 19.3 Å². The number of hydrogen-bond acceptors (Lipinski definition) is 6. The van der Waals surface area contributed by atoms with Crippen molar-refractivity contribution in [1.29, 1.82) is 0 Å². The third-order valence-electron chi connectivity index (χ3n) is 5.83. The Balaban J connectivity index is 1.71. The minimum Gasteiger partial charge on any atom is -0.497 e. The quantitative estimate of drug-likeness (QED) is 0.239. The number of benzene rings is 2. The number of aromatic nitrogens is 4. The molecule has 0 N–H and O–H groups in total. The van der Waals surface area contributed by atoms with Crippen LogP contribution in [0.5, 0.6) is 11.5 Å². The molecule has 2 aromatic heterocycles. The van der Waals surface area contributed by atoms with Gasteiger partial charge in [-0.3, -0.25) is 9.36 Å². The fourth-order valence-electron chi connectivity index (χ4n) is 4.11. The predicted octanol–water partition coefficient (Wildman–Crippen LogP) is 5.36. The Morgan fingerprint density at radius 1 is 1.00 bits per heavy atom. The van der Waals surface area contributed by atoms with E-state index in [1.807, 2.05) is 73.0 Å². The maximum Gasteiger partial charge on any atom is 0.196 e. The van der Waals surface area contributed by atoms with Crippen molar-refractivity contribution in [2.75, 3.05) is 20.0 Å². The van der Waals surface area contributed by atoms with Gasteiger partial charge in [-0.15, -0.1) is 10.2 Å². The highest BCUT2D eigenvalue weighted by Gasteiger charge is 2.21. The summed E-state index contributed by atoms with van der Waals surface area (Å²) in [5, 5.41) is 9.55. The van der Waals surface area contributed by atoms with Crippen molar-refractivity contribution >= 4 is 17.5 Å². The van der Waals surface area contributed by atoms with Crippen LogP contribution < -0.4 is 9.47 Å². The molecular formula is C26H28N4O3S. The first-order valence-electron chi connectivity index (χ1n) is 11.0. The van der Waals surface area contributed by atoms with Gasteiger partial charge < -0.3 is 14.0 Å². The first kappa shape index (κ1) is 23.6. The Kier molecular flexibility index (Phi) is 7.07. The molecule has 0 saturated carbocycles. The molecule has 0 atom stereocenters. The molecule has 0 amide bonds. The normalized spacial score (nSPS) is 11.0. The van der Waals surface area contributed by atoms with E-state index in [9.17, 15) is 4.79 Å². The van der Waals surface area contributed by atoms with E-state index in [1.165, 1.54) is 11.8 Å². The molecule has 0 saturated heterocycles. The SMILES string of the molecule is CCn1c(C)cc(C(=O)CSc2nnc(-c3ccccc3OC)n2-c2ccc(OC)cc2)c1C. The number of methoxy groups -OCH3 is 2. The Labute approximate surface area is 203 Å². The van der Waals surface area contributed by atoms with Gasteiger partial charge in [0, 0.05) is 23.5 Å². The molecule has 2 aromatic carbocycles. The van der Waals surface area contributed by atoms with Crippen molar-refractivity contribution in [3.8, 4) is 28.6 Å². The number of aryl methyl sites for hydroxylation is 1. The standard InChI is InChI=1S/C26H28N4O3S/c1-6-29-17(2)15-22(18(29)3)23(31)16-34-26-28-27-25(21-9-7-8-10-24(21)33-5)30(26)19-11-13-20(32-4)14-12-19/h7-15H,6,16H2,1-5H3. The number of para-hydroxylation sites is 1. The highest BCUT2D eigenvalue weighted by Crippen LogP contribution is 2.34. The molecule has 4 rings (SSSR count). The second-order valence-electron chi connectivity index (χ2n) is 7.78. The van der Waals surface area contributed by atoms with E-state index in [1.54, 1.807) is 14.2 Å². The number of ketones is 1. The highest BCUT2D eigenvalue weighted by molar-refractivity contribution is 7.99. The van der Waals surface area contributed by atoms with Crippen molar-refractivity contribution in [2.45, 2.75) is 32.5 Å². The van der Waals surface area contributed by atoms with Crippen molar-refractivity contribution < 1.29 is 14.3 Å². The minimum atomic E-state index is 0.0703. The van der Waals surface area contributed by atoms with Gasteiger partial charge in [-0.25, -0.2) is 0 Å². The fraction of sp³-hybridized carbons (Fsp3) is 0.269. The van der Waals surface area contributed by atoms with Crippen LogP contribution in [0.2, 0.25) is 0 Å². The summed E-state index contributed by atoms with van der Waals surface area (Å²) in [6.07, 6.45) is 0. The molecule has 7 nitrogen and oxygen atoms in total. The van der Waals surface area contributed by atoms with E-state index in [2.05, 4.69) is 21.7 Å². The Hall–Kier alpha value is -3.52. The summed E-state index contributed by atoms with van der Waals surface area (Å²) in [5.74, 6) is 2.42. The summed E-state index contributed by atoms with van der Waals surface area (Å²) in [4.78, 5) is 13.1. The Bertz CT molecular complexity index is 1310. The monoisotopic (exact) mass is 476 g/mol. The molecule has 0 aliphatic heterocycles. The van der Waals surface area contributed by atoms with Gasteiger partial charge in [0.1, 0.15) is 11.5 Å². The Morgan fingerprint density at radius 3 is 2.38 bits per heavy atom. The molecule has 8 heteroatoms. The van der Waals surface area contributed by atoms with Gasteiger partial charge in [-0.2, -0.15) is 0 Å². The molecular weight excluding hydrogens is 448 g/mol. The van der Waals surface area contributed by atoms with Gasteiger partial charge in [-0.05, 0) is 63.2 Å². The summed E-state index contributed by atoms with van der Waals surface area (Å²) in [7, 11) is 3.27. The largest absolute Gasteiger partial charge is 0.497 e. The third-order valence-corrected chi connectivity index (χ3v) is 6.76. The molecule has 0 unspecified atom stereocenters. The van der Waals surface area contributed by atoms with Gasteiger partial charge in [0.2, 0.25) is 0 Å². The maximum absolute atomic E-state index is 13.1. The van der Waals surface area contributed by atoms with Crippen molar-refractivity contribution in [3.05, 3.63) is 71.5 Å². The van der Waals surface area contributed by atoms with E-state index in [-0.39, 0.29) is 11.5 Å². The number of nitrogens with zero attached hydrogens (tertiary/aromatic N) is 4. The lowest BCUT2D eigenvalue weighted by molar-refractivity contribution is 0.102. The van der Waals surface area contributed by atoms with Crippen LogP contribution in [0.1, 0.15) is 28.7 Å². The first-order valence-corrected chi connectivity index (χ1v) is 12.0. The van der Waals surface area contributed by atoms with Crippen LogP contribution in [-0.2, 0) is 6.54 Å². The van der Waals surface area contributed by atoms with Crippen molar-refractivity contribution in [2.24, 2.45) is 0 Å². The summed E-state index contributed by atoms with van der Waals surface area (Å²) in [6.45, 7) is 6.94. The zero-order valence-corrected chi connectivity index (χ0v) is 20.8. The zero-order chi connectivity index (χ0) is 24.2. The number of thioether (sulfide) groups is 1. The highest BCUT2D eigenvalue weighted by atomic mass is 32.2. The first-order chi connectivity index (χ1) is 16.5. The van der Waals surface area contributed by atoms with Gasteiger partial charge in [0.25, 0.3) is 0 Å². The van der Waals surface area contributed by atoms with Crippen LogP contribution in [0.15, 0.2) is 59.8 Å². The van der Waals surface area contributed by atoms with Gasteiger partial charge >= 0.3 is 0 Å². The lowest BCUT2D eigenvalue weighted by Crippen LogP contribution is -2.07. The second kappa shape index (κ2) is 10.2. The number of hydrogen-bond donors (Lipinski definition) is 0. The van der Waals surface area contributed by atoms with E-state index in [4.69, 9.17) is 9.47 Å². The number of Topliss-reactive ketones (excluding diaryl/α,β-unsaturated/α-hetero) is 1. The van der Waals surface area contributed by atoms with Crippen LogP contribution in [0.4, 0.5) is 0 Å². The van der Waals surface area contributed by atoms with Gasteiger partial charge in [0.15, 0.2) is 16.8 Å². The Morgan fingerprint density at radius 2 is 1.74 bits per heavy atom. The summed E-state index contributed by atoms with van der Waals surface area (Å²) in [5.41, 5.74) is 4.53. The molecule has 0 bridgehead atoms. The van der Waals surface area contributed by atoms with E-state index in [0.29, 0.717) is 16.7 Å². The van der Waals surface area contributed by atoms with Gasteiger partial charge in [-0.1, -0.05) is 23.9 Å². The van der Waals surface area contributed by atoms with Crippen LogP contribution in [0.3, 0.4) is 0 Å². The van der Waals surface area contributed by atoms with E-state index < -0.39 is 0 Å². The van der Waals surface area contributed by atoms with Crippen molar-refractivity contribution in [3.63, 3.8) is 0 Å². The minimum absolute atomic E-state index is 0.0703. The number of carbonyl (C=O) groups excluding carboxylic acids is 1. The van der Waals surface area contributed by atoms with Crippen LogP contribution in [0.25, 0.3) is 17.1 Å².